The van der Waals surface area contributed by atoms with Gasteiger partial charge in [0.1, 0.15) is 5.84 Å². The van der Waals surface area contributed by atoms with Crippen molar-refractivity contribution in [3.63, 3.8) is 0 Å². The molecule has 5 nitrogen and oxygen atoms in total. The predicted octanol–water partition coefficient (Wildman–Crippen LogP) is 8.71. The second-order valence-corrected chi connectivity index (χ2v) is 11.2. The van der Waals surface area contributed by atoms with Gasteiger partial charge in [-0.1, -0.05) is 115 Å². The van der Waals surface area contributed by atoms with Crippen LogP contribution in [0.15, 0.2) is 143 Å². The topological polar surface area (TPSA) is 48.1 Å². The number of benzene rings is 5. The summed E-state index contributed by atoms with van der Waals surface area (Å²) in [5, 5.41) is 1.17. The van der Waals surface area contributed by atoms with Gasteiger partial charge in [-0.15, -0.1) is 0 Å². The van der Waals surface area contributed by atoms with Gasteiger partial charge in [-0.25, -0.2) is 4.99 Å². The standard InChI is InChI=1S/C38H27N3O2/c1-3-13-24(14-4-1)29-23-33(40-38(39-29)25-15-5-2-6-16-25)41-30-20-10-9-19-28(30)34-26-17-7-8-18-27(26)36-37(35(34)41)43-32-22-12-11-21-31(32)42-36/h1-22,29,36-37H,23H2/t29?,36-,37?/m0/s1. The van der Waals surface area contributed by atoms with Crippen LogP contribution in [-0.2, 0) is 0 Å². The second kappa shape index (κ2) is 9.57. The summed E-state index contributed by atoms with van der Waals surface area (Å²) in [4.78, 5) is 10.5. The Morgan fingerprint density at radius 2 is 1.28 bits per heavy atom. The number of aromatic nitrogens is 1. The number of fused-ring (bicyclic) bond motifs is 9. The normalized spacial score (nSPS) is 20.0. The van der Waals surface area contributed by atoms with Crippen LogP contribution in [0, 0.1) is 0 Å². The maximum Gasteiger partial charge on any atom is 0.181 e. The van der Waals surface area contributed by atoms with E-state index in [-0.39, 0.29) is 18.2 Å². The van der Waals surface area contributed by atoms with Crippen molar-refractivity contribution in [2.24, 2.45) is 9.98 Å². The monoisotopic (exact) mass is 557 g/mol. The molecule has 5 heteroatoms. The van der Waals surface area contributed by atoms with Crippen molar-refractivity contribution in [3.8, 4) is 22.6 Å². The summed E-state index contributed by atoms with van der Waals surface area (Å²) >= 11 is 0. The Kier molecular flexibility index (Phi) is 5.38. The summed E-state index contributed by atoms with van der Waals surface area (Å²) < 4.78 is 15.9. The Hall–Kier alpha value is -5.42. The fourth-order valence-electron chi connectivity index (χ4n) is 6.83. The van der Waals surface area contributed by atoms with E-state index in [1.807, 2.05) is 42.5 Å². The van der Waals surface area contributed by atoms with E-state index in [9.17, 15) is 0 Å². The van der Waals surface area contributed by atoms with Crippen LogP contribution in [0.3, 0.4) is 0 Å². The van der Waals surface area contributed by atoms with Crippen molar-refractivity contribution in [1.82, 2.24) is 4.57 Å². The fourth-order valence-corrected chi connectivity index (χ4v) is 6.83. The third-order valence-corrected chi connectivity index (χ3v) is 8.71. The molecule has 9 rings (SSSR count). The van der Waals surface area contributed by atoms with E-state index in [0.717, 1.165) is 45.5 Å². The highest BCUT2D eigenvalue weighted by Gasteiger charge is 2.44. The maximum atomic E-state index is 6.87. The van der Waals surface area contributed by atoms with Crippen LogP contribution in [0.5, 0.6) is 11.5 Å². The van der Waals surface area contributed by atoms with Crippen LogP contribution >= 0.6 is 0 Å². The van der Waals surface area contributed by atoms with Crippen molar-refractivity contribution in [2.45, 2.75) is 24.7 Å². The van der Waals surface area contributed by atoms with Gasteiger partial charge in [0.05, 0.1) is 17.3 Å². The van der Waals surface area contributed by atoms with E-state index >= 15 is 0 Å². The highest BCUT2D eigenvalue weighted by molar-refractivity contribution is 6.13. The van der Waals surface area contributed by atoms with Gasteiger partial charge in [0.15, 0.2) is 29.5 Å². The first-order chi connectivity index (χ1) is 21.3. The quantitative estimate of drug-likeness (QED) is 0.214. The molecule has 2 aliphatic heterocycles. The van der Waals surface area contributed by atoms with Gasteiger partial charge in [-0.3, -0.25) is 9.56 Å². The smallest absolute Gasteiger partial charge is 0.181 e. The van der Waals surface area contributed by atoms with E-state index in [1.54, 1.807) is 0 Å². The first kappa shape index (κ1) is 24.2. The molecule has 2 unspecified atom stereocenters. The summed E-state index contributed by atoms with van der Waals surface area (Å²) in [6.45, 7) is 0. The lowest BCUT2D eigenvalue weighted by Gasteiger charge is -2.39. The van der Waals surface area contributed by atoms with Crippen LogP contribution in [-0.4, -0.2) is 16.2 Å². The minimum atomic E-state index is -0.357. The molecule has 3 heterocycles. The van der Waals surface area contributed by atoms with Gasteiger partial charge < -0.3 is 9.47 Å². The molecule has 0 bridgehead atoms. The molecular weight excluding hydrogens is 530 g/mol. The van der Waals surface area contributed by atoms with E-state index in [2.05, 4.69) is 95.6 Å². The summed E-state index contributed by atoms with van der Waals surface area (Å²) in [7, 11) is 0. The molecule has 3 atom stereocenters. The summed E-state index contributed by atoms with van der Waals surface area (Å²) in [5.74, 6) is 3.20. The molecule has 6 aromatic rings. The van der Waals surface area contributed by atoms with Gasteiger partial charge in [0.25, 0.3) is 0 Å². The van der Waals surface area contributed by atoms with E-state index < -0.39 is 0 Å². The van der Waals surface area contributed by atoms with Crippen LogP contribution in [0.25, 0.3) is 22.0 Å². The van der Waals surface area contributed by atoms with Crippen molar-refractivity contribution in [1.29, 1.82) is 0 Å². The average Bonchev–Trinajstić information content (AvgIpc) is 3.44. The fraction of sp³-hybridized carbons (Fsp3) is 0.105. The number of amidine groups is 1. The van der Waals surface area contributed by atoms with Gasteiger partial charge in [-0.2, -0.15) is 0 Å². The number of rotatable bonds is 2. The molecule has 0 saturated carbocycles. The summed E-state index contributed by atoms with van der Waals surface area (Å²) in [6.07, 6.45) is 0.00391. The molecule has 1 aliphatic carbocycles. The third kappa shape index (κ3) is 3.78. The molecule has 5 aromatic carbocycles. The Balaban J connectivity index is 1.32. The van der Waals surface area contributed by atoms with Gasteiger partial charge in [0, 0.05) is 28.5 Å². The predicted molar refractivity (Wildman–Crippen MR) is 170 cm³/mol. The van der Waals surface area contributed by atoms with Crippen molar-refractivity contribution < 1.29 is 9.47 Å². The second-order valence-electron chi connectivity index (χ2n) is 11.2. The average molecular weight is 558 g/mol. The SMILES string of the molecule is c1ccc(C2=NC(c3ccccc3)CC(n3c4c(c5ccccc53)-c3ccccc3[C@@H]3Oc5ccccc5OC43)=N2)cc1. The zero-order chi connectivity index (χ0) is 28.3. The Morgan fingerprint density at radius 1 is 0.628 bits per heavy atom. The minimum Gasteiger partial charge on any atom is -0.477 e. The van der Waals surface area contributed by atoms with Gasteiger partial charge in [0.2, 0.25) is 0 Å². The Labute approximate surface area is 249 Å². The first-order valence-electron chi connectivity index (χ1n) is 14.7. The highest BCUT2D eigenvalue weighted by Crippen LogP contribution is 2.55. The molecule has 3 aliphatic rings. The van der Waals surface area contributed by atoms with Crippen molar-refractivity contribution in [2.75, 3.05) is 0 Å². The Bertz CT molecular complexity index is 2080. The number of aliphatic imine (C=N–C) groups is 2. The number of nitrogens with zero attached hydrogens (tertiary/aromatic N) is 3. The molecule has 206 valence electrons. The van der Waals surface area contributed by atoms with E-state index in [4.69, 9.17) is 19.5 Å². The van der Waals surface area contributed by atoms with Crippen molar-refractivity contribution >= 4 is 22.6 Å². The zero-order valence-electron chi connectivity index (χ0n) is 23.3. The van der Waals surface area contributed by atoms with Crippen LogP contribution in [0.2, 0.25) is 0 Å². The molecular formula is C38H27N3O2. The Morgan fingerprint density at radius 3 is 2.09 bits per heavy atom. The van der Waals surface area contributed by atoms with Crippen LogP contribution in [0.4, 0.5) is 0 Å². The van der Waals surface area contributed by atoms with Crippen LogP contribution in [0.1, 0.15) is 47.1 Å². The van der Waals surface area contributed by atoms with Crippen LogP contribution < -0.4 is 9.47 Å². The van der Waals surface area contributed by atoms with Gasteiger partial charge >= 0.3 is 0 Å². The zero-order valence-corrected chi connectivity index (χ0v) is 23.3. The maximum absolute atomic E-state index is 6.87. The van der Waals surface area contributed by atoms with E-state index in [1.165, 1.54) is 22.1 Å². The largest absolute Gasteiger partial charge is 0.477 e. The molecule has 0 fully saturated rings. The molecule has 1 aromatic heterocycles. The third-order valence-electron chi connectivity index (χ3n) is 8.71. The highest BCUT2D eigenvalue weighted by atomic mass is 16.6. The number of ether oxygens (including phenoxy) is 2. The lowest BCUT2D eigenvalue weighted by atomic mass is 9.83. The number of hydrogen-bond donors (Lipinski definition) is 0. The lowest BCUT2D eigenvalue weighted by Crippen LogP contribution is -2.33. The summed E-state index contributed by atoms with van der Waals surface area (Å²) in [5.41, 5.74) is 7.83. The summed E-state index contributed by atoms with van der Waals surface area (Å²) in [6, 6.07) is 45.9. The molecule has 0 N–H and O–H groups in total. The molecule has 0 radical (unpaired) electrons. The van der Waals surface area contributed by atoms with Gasteiger partial charge in [-0.05, 0) is 29.3 Å². The van der Waals surface area contributed by atoms with Crippen molar-refractivity contribution in [3.05, 3.63) is 156 Å². The molecule has 0 amide bonds. The van der Waals surface area contributed by atoms with E-state index in [0.29, 0.717) is 6.42 Å². The number of hydrogen-bond acceptors (Lipinski definition) is 4. The minimum absolute atomic E-state index is 0.0726. The molecule has 0 spiro atoms. The lowest BCUT2D eigenvalue weighted by molar-refractivity contribution is 0.0141. The first-order valence-corrected chi connectivity index (χ1v) is 14.7. The molecule has 0 saturated heterocycles. The molecule has 43 heavy (non-hydrogen) atoms. The number of para-hydroxylation sites is 3.